The van der Waals surface area contributed by atoms with Crippen molar-refractivity contribution < 1.29 is 24.2 Å². The van der Waals surface area contributed by atoms with E-state index in [1.54, 1.807) is 24.3 Å². The fourth-order valence-corrected chi connectivity index (χ4v) is 4.24. The summed E-state index contributed by atoms with van der Waals surface area (Å²) >= 11 is 0. The molecule has 1 aliphatic rings. The molecule has 1 saturated heterocycles. The molecule has 1 fully saturated rings. The lowest BCUT2D eigenvalue weighted by molar-refractivity contribution is -0.124. The Balaban J connectivity index is 1.88. The summed E-state index contributed by atoms with van der Waals surface area (Å²) in [5.74, 6) is -0.444. The van der Waals surface area contributed by atoms with Gasteiger partial charge in [0.2, 0.25) is 0 Å². The molecule has 0 radical (unpaired) electrons. The quantitative estimate of drug-likeness (QED) is 0.227. The zero-order chi connectivity index (χ0) is 26.5. The van der Waals surface area contributed by atoms with Gasteiger partial charge in [-0.1, -0.05) is 18.2 Å². The number of nitrogens with two attached hydrogens (primary N) is 1. The first-order valence-corrected chi connectivity index (χ1v) is 11.6. The third kappa shape index (κ3) is 5.53. The highest BCUT2D eigenvalue weighted by Crippen LogP contribution is 2.42. The van der Waals surface area contributed by atoms with Crippen molar-refractivity contribution in [1.82, 2.24) is 10.5 Å². The maximum absolute atomic E-state index is 14.6. The number of piperidine rings is 1. The average molecular weight is 504 g/mol. The lowest BCUT2D eigenvalue weighted by Crippen LogP contribution is -2.40. The Bertz CT molecular complexity index is 1390. The van der Waals surface area contributed by atoms with Crippen molar-refractivity contribution in [2.24, 2.45) is 5.73 Å². The van der Waals surface area contributed by atoms with Crippen molar-refractivity contribution in [1.29, 1.82) is 5.26 Å². The third-order valence-electron chi connectivity index (χ3n) is 6.26. The number of methoxy groups -OCH3 is 1. The summed E-state index contributed by atoms with van der Waals surface area (Å²) in [4.78, 5) is 18.3. The predicted molar refractivity (Wildman–Crippen MR) is 136 cm³/mol. The zero-order valence-electron chi connectivity index (χ0n) is 20.1. The van der Waals surface area contributed by atoms with Gasteiger partial charge in [0.1, 0.15) is 29.2 Å². The summed E-state index contributed by atoms with van der Waals surface area (Å²) < 4.78 is 20.4. The fraction of sp³-hybridized carbons (Fsp3) is 0.222. The number of rotatable bonds is 6. The van der Waals surface area contributed by atoms with Gasteiger partial charge in [-0.15, -0.1) is 0 Å². The van der Waals surface area contributed by atoms with E-state index in [1.807, 2.05) is 6.07 Å². The number of phenolic OH excluding ortho intramolecular Hbond substituents is 1. The molecule has 0 bridgehead atoms. The first kappa shape index (κ1) is 25.6. The lowest BCUT2D eigenvalue weighted by atomic mass is 9.95. The molecule has 0 saturated carbocycles. The molecule has 0 unspecified atom stereocenters. The van der Waals surface area contributed by atoms with Crippen LogP contribution in [-0.2, 0) is 4.79 Å². The fourth-order valence-electron chi connectivity index (χ4n) is 4.24. The Morgan fingerprint density at radius 3 is 2.59 bits per heavy atom. The molecule has 9 nitrogen and oxygen atoms in total. The van der Waals surface area contributed by atoms with Crippen molar-refractivity contribution in [3.8, 4) is 40.0 Å². The average Bonchev–Trinajstić information content (AvgIpc) is 2.91. The van der Waals surface area contributed by atoms with E-state index in [2.05, 4.69) is 4.90 Å². The minimum Gasteiger partial charge on any atom is -0.507 e. The molecular formula is C27H26FN5O4. The number of aromatic nitrogens is 1. The number of nitrogens with zero attached hydrogens (tertiary/aromatic N) is 3. The standard InChI is InChI=1S/C27H26FN5O4/c1-37-23-14-24(33-10-8-20(30)9-11-33)31-27(18-4-5-19(15-29)21(28)12-18)26(23)17-3-2-16(22(34)13-17)6-7-25(35)32-36/h2-7,12-14,20,34,36H,8-11,30H2,1H3,(H,32,35)/b7-6+. The summed E-state index contributed by atoms with van der Waals surface area (Å²) in [6.07, 6.45) is 4.04. The molecule has 2 aromatic carbocycles. The number of hydroxylamine groups is 1. The van der Waals surface area contributed by atoms with Crippen LogP contribution < -0.4 is 20.9 Å². The topological polar surface area (TPSA) is 145 Å². The van der Waals surface area contributed by atoms with Gasteiger partial charge in [0.15, 0.2) is 0 Å². The van der Waals surface area contributed by atoms with Crippen LogP contribution in [0.2, 0.25) is 0 Å². The summed E-state index contributed by atoms with van der Waals surface area (Å²) in [5.41, 5.74) is 9.71. The first-order valence-electron chi connectivity index (χ1n) is 11.6. The number of phenols is 1. The molecule has 37 heavy (non-hydrogen) atoms. The largest absolute Gasteiger partial charge is 0.507 e. The molecule has 1 aromatic heterocycles. The number of carbonyl (C=O) groups is 1. The van der Waals surface area contributed by atoms with E-state index in [0.29, 0.717) is 52.6 Å². The maximum atomic E-state index is 14.6. The van der Waals surface area contributed by atoms with Crippen molar-refractivity contribution in [3.05, 3.63) is 65.5 Å². The SMILES string of the molecule is COc1cc(N2CCC(N)CC2)nc(-c2ccc(C#N)c(F)c2)c1-c1ccc(/C=C/C(=O)NO)c(O)c1. The Kier molecular flexibility index (Phi) is 7.67. The summed E-state index contributed by atoms with van der Waals surface area (Å²) in [5, 5.41) is 28.5. The molecule has 1 aliphatic heterocycles. The number of nitrogens with one attached hydrogen (secondary N) is 1. The number of halogens is 1. The highest BCUT2D eigenvalue weighted by molar-refractivity contribution is 5.92. The number of hydrogen-bond acceptors (Lipinski definition) is 8. The second-order valence-corrected chi connectivity index (χ2v) is 8.62. The van der Waals surface area contributed by atoms with E-state index in [4.69, 9.17) is 25.9 Å². The van der Waals surface area contributed by atoms with E-state index < -0.39 is 11.7 Å². The summed E-state index contributed by atoms with van der Waals surface area (Å²) in [7, 11) is 1.52. The summed E-state index contributed by atoms with van der Waals surface area (Å²) in [6.45, 7) is 1.42. The van der Waals surface area contributed by atoms with Gasteiger partial charge in [-0.25, -0.2) is 14.9 Å². The van der Waals surface area contributed by atoms with Crippen LogP contribution in [0.4, 0.5) is 10.2 Å². The van der Waals surface area contributed by atoms with Gasteiger partial charge in [0.05, 0.1) is 23.9 Å². The predicted octanol–water partition coefficient (Wildman–Crippen LogP) is 3.59. The molecule has 4 rings (SSSR count). The van der Waals surface area contributed by atoms with Crippen molar-refractivity contribution in [2.45, 2.75) is 18.9 Å². The third-order valence-corrected chi connectivity index (χ3v) is 6.26. The molecule has 2 heterocycles. The van der Waals surface area contributed by atoms with Gasteiger partial charge < -0.3 is 20.5 Å². The smallest absolute Gasteiger partial charge is 0.267 e. The second kappa shape index (κ2) is 11.1. The Morgan fingerprint density at radius 1 is 1.24 bits per heavy atom. The van der Waals surface area contributed by atoms with Crippen LogP contribution in [-0.4, -0.2) is 47.4 Å². The number of hydrogen-bond donors (Lipinski definition) is 4. The van der Waals surface area contributed by atoms with Crippen LogP contribution in [0.3, 0.4) is 0 Å². The van der Waals surface area contributed by atoms with Crippen LogP contribution >= 0.6 is 0 Å². The van der Waals surface area contributed by atoms with Crippen LogP contribution in [0, 0.1) is 17.1 Å². The summed E-state index contributed by atoms with van der Waals surface area (Å²) in [6, 6.07) is 12.8. The Morgan fingerprint density at radius 2 is 1.97 bits per heavy atom. The molecule has 5 N–H and O–H groups in total. The van der Waals surface area contributed by atoms with E-state index in [1.165, 1.54) is 36.9 Å². The number of anilines is 1. The number of ether oxygens (including phenoxy) is 1. The second-order valence-electron chi connectivity index (χ2n) is 8.62. The molecule has 3 aromatic rings. The van der Waals surface area contributed by atoms with E-state index >= 15 is 0 Å². The number of amides is 1. The minimum absolute atomic E-state index is 0.0841. The maximum Gasteiger partial charge on any atom is 0.267 e. The van der Waals surface area contributed by atoms with Gasteiger partial charge in [-0.2, -0.15) is 5.26 Å². The van der Waals surface area contributed by atoms with Crippen molar-refractivity contribution in [2.75, 3.05) is 25.1 Å². The number of aromatic hydroxyl groups is 1. The molecule has 0 aliphatic carbocycles. The van der Waals surface area contributed by atoms with Crippen LogP contribution in [0.15, 0.2) is 48.5 Å². The van der Waals surface area contributed by atoms with Gasteiger partial charge in [-0.3, -0.25) is 10.0 Å². The molecule has 190 valence electrons. The first-order chi connectivity index (χ1) is 17.8. The van der Waals surface area contributed by atoms with Gasteiger partial charge in [0.25, 0.3) is 5.91 Å². The minimum atomic E-state index is -0.742. The number of benzene rings is 2. The molecule has 0 spiro atoms. The van der Waals surface area contributed by atoms with E-state index in [9.17, 15) is 14.3 Å². The monoisotopic (exact) mass is 503 g/mol. The van der Waals surface area contributed by atoms with Crippen molar-refractivity contribution >= 4 is 17.8 Å². The van der Waals surface area contributed by atoms with Crippen LogP contribution in [0.5, 0.6) is 11.5 Å². The van der Waals surface area contributed by atoms with Crippen molar-refractivity contribution in [3.63, 3.8) is 0 Å². The number of nitriles is 1. The number of pyridine rings is 1. The molecule has 1 amide bonds. The number of carbonyl (C=O) groups excluding carboxylic acids is 1. The molecule has 0 atom stereocenters. The zero-order valence-corrected chi connectivity index (χ0v) is 20.1. The highest BCUT2D eigenvalue weighted by atomic mass is 19.1. The molecular weight excluding hydrogens is 477 g/mol. The van der Waals surface area contributed by atoms with Crippen LogP contribution in [0.25, 0.3) is 28.5 Å². The van der Waals surface area contributed by atoms with E-state index in [0.717, 1.165) is 18.9 Å². The molecule has 10 heteroatoms. The Hall–Kier alpha value is -4.46. The normalized spacial score (nSPS) is 14.0. The lowest BCUT2D eigenvalue weighted by Gasteiger charge is -2.32. The Labute approximate surface area is 213 Å². The van der Waals surface area contributed by atoms with Gasteiger partial charge in [-0.05, 0) is 42.7 Å². The highest BCUT2D eigenvalue weighted by Gasteiger charge is 2.23. The van der Waals surface area contributed by atoms with Gasteiger partial charge >= 0.3 is 0 Å². The van der Waals surface area contributed by atoms with E-state index in [-0.39, 0.29) is 17.4 Å². The van der Waals surface area contributed by atoms with Crippen LogP contribution in [0.1, 0.15) is 24.0 Å². The van der Waals surface area contributed by atoms with Gasteiger partial charge in [0, 0.05) is 42.4 Å².